The number of hydrogen-bond acceptors (Lipinski definition) is 4. The highest BCUT2D eigenvalue weighted by atomic mass is 35.5. The lowest BCUT2D eigenvalue weighted by molar-refractivity contribution is -0.137. The summed E-state index contributed by atoms with van der Waals surface area (Å²) in [7, 11) is 3.33. The molecule has 2 aromatic carbocycles. The third-order valence-electron chi connectivity index (χ3n) is 4.53. The number of halogens is 4. The molecule has 0 saturated carbocycles. The van der Waals surface area contributed by atoms with E-state index < -0.39 is 23.6 Å². The first-order valence-corrected chi connectivity index (χ1v) is 10.5. The second-order valence-corrected chi connectivity index (χ2v) is 8.59. The first-order chi connectivity index (χ1) is 15.0. The second-order valence-electron chi connectivity index (χ2n) is 7.13. The van der Waals surface area contributed by atoms with Gasteiger partial charge < -0.3 is 15.5 Å². The largest absolute Gasteiger partial charge is 0.416 e. The molecule has 0 aliphatic carbocycles. The molecule has 0 atom stereocenters. The van der Waals surface area contributed by atoms with Crippen molar-refractivity contribution in [2.45, 2.75) is 13.1 Å². The van der Waals surface area contributed by atoms with Gasteiger partial charge in [-0.05, 0) is 48.9 Å². The molecule has 0 unspecified atom stereocenters. The summed E-state index contributed by atoms with van der Waals surface area (Å²) in [5.74, 6) is -1.01. The summed E-state index contributed by atoms with van der Waals surface area (Å²) in [6.07, 6.45) is -4.54. The SMILES string of the molecule is Cc1cc(NC(=O)c2ccccc2Cl)sc1C(=O)Nc1cc(C(F)(F)F)ccc1N(C)C. The Morgan fingerprint density at radius 3 is 2.31 bits per heavy atom. The molecule has 5 nitrogen and oxygen atoms in total. The van der Waals surface area contributed by atoms with Gasteiger partial charge in [0.25, 0.3) is 11.8 Å². The summed E-state index contributed by atoms with van der Waals surface area (Å²) in [6.45, 7) is 1.68. The molecule has 32 heavy (non-hydrogen) atoms. The lowest BCUT2D eigenvalue weighted by Crippen LogP contribution is -2.18. The molecule has 168 valence electrons. The van der Waals surface area contributed by atoms with Gasteiger partial charge in [-0.15, -0.1) is 11.3 Å². The number of thiophene rings is 1. The van der Waals surface area contributed by atoms with E-state index in [1.54, 1.807) is 56.3 Å². The second kappa shape index (κ2) is 9.22. The molecule has 0 aliphatic heterocycles. The molecule has 0 bridgehead atoms. The van der Waals surface area contributed by atoms with Crippen LogP contribution in [0.4, 0.5) is 29.5 Å². The Morgan fingerprint density at radius 2 is 1.69 bits per heavy atom. The molecule has 0 radical (unpaired) electrons. The van der Waals surface area contributed by atoms with E-state index in [1.165, 1.54) is 6.07 Å². The molecule has 1 aromatic heterocycles. The van der Waals surface area contributed by atoms with Gasteiger partial charge in [0.1, 0.15) is 0 Å². The Kier molecular flexibility index (Phi) is 6.80. The zero-order valence-corrected chi connectivity index (χ0v) is 18.9. The molecule has 3 aromatic rings. The number of rotatable bonds is 5. The van der Waals surface area contributed by atoms with Gasteiger partial charge in [0, 0.05) is 14.1 Å². The van der Waals surface area contributed by atoms with Gasteiger partial charge >= 0.3 is 6.18 Å². The van der Waals surface area contributed by atoms with Gasteiger partial charge in [0.05, 0.1) is 37.4 Å². The van der Waals surface area contributed by atoms with Gasteiger partial charge in [-0.2, -0.15) is 13.2 Å². The number of anilines is 3. The minimum atomic E-state index is -4.54. The Balaban J connectivity index is 1.84. The summed E-state index contributed by atoms with van der Waals surface area (Å²) in [4.78, 5) is 27.2. The van der Waals surface area contributed by atoms with E-state index >= 15 is 0 Å². The van der Waals surface area contributed by atoms with Crippen LogP contribution in [-0.4, -0.2) is 25.9 Å². The highest BCUT2D eigenvalue weighted by molar-refractivity contribution is 7.18. The maximum atomic E-state index is 13.1. The molecule has 2 N–H and O–H groups in total. The average molecular weight is 482 g/mol. The van der Waals surface area contributed by atoms with Crippen molar-refractivity contribution < 1.29 is 22.8 Å². The molecular weight excluding hydrogens is 463 g/mol. The van der Waals surface area contributed by atoms with E-state index in [-0.39, 0.29) is 21.2 Å². The van der Waals surface area contributed by atoms with Gasteiger partial charge in [-0.25, -0.2) is 0 Å². The minimum absolute atomic E-state index is 0.0317. The maximum absolute atomic E-state index is 13.1. The molecule has 3 rings (SSSR count). The number of amides is 2. The number of alkyl halides is 3. The predicted octanol–water partition coefficient (Wildman–Crippen LogP) is 6.30. The van der Waals surface area contributed by atoms with Crippen LogP contribution in [0.3, 0.4) is 0 Å². The molecule has 0 fully saturated rings. The van der Waals surface area contributed by atoms with Crippen LogP contribution in [0.15, 0.2) is 48.5 Å². The van der Waals surface area contributed by atoms with Crippen molar-refractivity contribution in [3.05, 3.63) is 75.1 Å². The van der Waals surface area contributed by atoms with Crippen molar-refractivity contribution in [1.82, 2.24) is 0 Å². The average Bonchev–Trinajstić information content (AvgIpc) is 3.07. The number of carbonyl (C=O) groups is 2. The predicted molar refractivity (Wildman–Crippen MR) is 122 cm³/mol. The molecule has 1 heterocycles. The normalized spacial score (nSPS) is 11.2. The summed E-state index contributed by atoms with van der Waals surface area (Å²) in [6, 6.07) is 11.3. The van der Waals surface area contributed by atoms with Gasteiger partial charge in [0.15, 0.2) is 0 Å². The van der Waals surface area contributed by atoms with E-state index in [9.17, 15) is 22.8 Å². The molecule has 0 spiro atoms. The molecule has 0 aliphatic rings. The van der Waals surface area contributed by atoms with Crippen LogP contribution in [0.25, 0.3) is 0 Å². The summed E-state index contributed by atoms with van der Waals surface area (Å²) < 4.78 is 39.4. The molecular formula is C22H19ClF3N3O2S. The van der Waals surface area contributed by atoms with Crippen LogP contribution in [0.5, 0.6) is 0 Å². The highest BCUT2D eigenvalue weighted by Gasteiger charge is 2.31. The highest BCUT2D eigenvalue weighted by Crippen LogP contribution is 2.36. The summed E-state index contributed by atoms with van der Waals surface area (Å²) in [5.41, 5.74) is 0.442. The van der Waals surface area contributed by atoms with Crippen LogP contribution >= 0.6 is 22.9 Å². The van der Waals surface area contributed by atoms with Gasteiger partial charge in [-0.1, -0.05) is 23.7 Å². The van der Waals surface area contributed by atoms with Crippen molar-refractivity contribution in [2.75, 3.05) is 29.6 Å². The Bertz CT molecular complexity index is 1180. The maximum Gasteiger partial charge on any atom is 0.416 e. The third-order valence-corrected chi connectivity index (χ3v) is 6.01. The van der Waals surface area contributed by atoms with E-state index in [2.05, 4.69) is 10.6 Å². The standard InChI is InChI=1S/C22H19ClF3N3O2S/c1-12-10-18(28-20(30)14-6-4-5-7-15(14)23)32-19(12)21(31)27-16-11-13(22(24,25)26)8-9-17(16)29(2)3/h4-11H,1-3H3,(H,27,31)(H,28,30). The van der Waals surface area contributed by atoms with Crippen molar-refractivity contribution in [3.8, 4) is 0 Å². The first-order valence-electron chi connectivity index (χ1n) is 9.33. The summed E-state index contributed by atoms with van der Waals surface area (Å²) >= 11 is 7.06. The van der Waals surface area contributed by atoms with Crippen LogP contribution in [0.1, 0.15) is 31.2 Å². The molecule has 2 amide bonds. The van der Waals surface area contributed by atoms with E-state index in [0.29, 0.717) is 16.3 Å². The lowest BCUT2D eigenvalue weighted by atomic mass is 10.1. The smallest absolute Gasteiger partial charge is 0.376 e. The number of benzene rings is 2. The van der Waals surface area contributed by atoms with Crippen LogP contribution in [0.2, 0.25) is 5.02 Å². The number of hydrogen-bond donors (Lipinski definition) is 2. The Hall–Kier alpha value is -3.04. The van der Waals surface area contributed by atoms with Gasteiger partial charge in [-0.3, -0.25) is 9.59 Å². The fourth-order valence-corrected chi connectivity index (χ4v) is 4.16. The Morgan fingerprint density at radius 1 is 1.00 bits per heavy atom. The topological polar surface area (TPSA) is 61.4 Å². The van der Waals surface area contributed by atoms with E-state index in [1.807, 2.05) is 0 Å². The molecule has 0 saturated heterocycles. The number of nitrogens with one attached hydrogen (secondary N) is 2. The van der Waals surface area contributed by atoms with E-state index in [0.717, 1.165) is 23.5 Å². The fourth-order valence-electron chi connectivity index (χ4n) is 2.98. The van der Waals surface area contributed by atoms with Crippen molar-refractivity contribution >= 4 is 51.1 Å². The van der Waals surface area contributed by atoms with Crippen LogP contribution in [-0.2, 0) is 6.18 Å². The minimum Gasteiger partial charge on any atom is -0.376 e. The zero-order valence-electron chi connectivity index (χ0n) is 17.3. The summed E-state index contributed by atoms with van der Waals surface area (Å²) in [5, 5.41) is 5.96. The van der Waals surface area contributed by atoms with E-state index in [4.69, 9.17) is 11.6 Å². The van der Waals surface area contributed by atoms with Crippen LogP contribution < -0.4 is 15.5 Å². The molecule has 10 heteroatoms. The Labute approximate surface area is 191 Å². The zero-order chi connectivity index (χ0) is 23.6. The quantitative estimate of drug-likeness (QED) is 0.449. The first kappa shape index (κ1) is 23.6. The lowest BCUT2D eigenvalue weighted by Gasteiger charge is -2.19. The van der Waals surface area contributed by atoms with Gasteiger partial charge in [0.2, 0.25) is 0 Å². The van der Waals surface area contributed by atoms with Crippen molar-refractivity contribution in [1.29, 1.82) is 0 Å². The third kappa shape index (κ3) is 5.23. The van der Waals surface area contributed by atoms with Crippen LogP contribution in [0, 0.1) is 6.92 Å². The van der Waals surface area contributed by atoms with Crippen molar-refractivity contribution in [2.24, 2.45) is 0 Å². The number of nitrogens with zero attached hydrogens (tertiary/aromatic N) is 1. The van der Waals surface area contributed by atoms with Crippen molar-refractivity contribution in [3.63, 3.8) is 0 Å². The monoisotopic (exact) mass is 481 g/mol. The number of aryl methyl sites for hydroxylation is 1. The number of carbonyl (C=O) groups excluding carboxylic acids is 2. The fraction of sp³-hybridized carbons (Fsp3) is 0.182.